The van der Waals surface area contributed by atoms with Crippen LogP contribution >= 0.6 is 11.6 Å². The fourth-order valence-corrected chi connectivity index (χ4v) is 2.39. The number of nitrogens with two attached hydrogens (primary N) is 1. The molecule has 0 atom stereocenters. The number of pyridine rings is 1. The molecule has 0 bridgehead atoms. The summed E-state index contributed by atoms with van der Waals surface area (Å²) in [5, 5.41) is 1.88. The van der Waals surface area contributed by atoms with Crippen LogP contribution in [-0.4, -0.2) is 9.55 Å². The Balaban J connectivity index is 2.03. The molecule has 0 saturated carbocycles. The van der Waals surface area contributed by atoms with E-state index in [9.17, 15) is 0 Å². The second-order valence-electron chi connectivity index (χ2n) is 4.49. The van der Waals surface area contributed by atoms with Crippen LogP contribution in [0.5, 0.6) is 0 Å². The highest BCUT2D eigenvalue weighted by Crippen LogP contribution is 2.20. The smallest absolute Gasteiger partial charge is 0.140 e. The van der Waals surface area contributed by atoms with Crippen molar-refractivity contribution in [3.8, 4) is 0 Å². The highest BCUT2D eigenvalue weighted by atomic mass is 35.5. The Labute approximate surface area is 116 Å². The van der Waals surface area contributed by atoms with Gasteiger partial charge < -0.3 is 10.3 Å². The van der Waals surface area contributed by atoms with Gasteiger partial charge in [0, 0.05) is 35.9 Å². The molecule has 0 spiro atoms. The molecule has 0 unspecified atom stereocenters. The van der Waals surface area contributed by atoms with Gasteiger partial charge in [-0.2, -0.15) is 0 Å². The summed E-state index contributed by atoms with van der Waals surface area (Å²) < 4.78 is 2.13. The van der Waals surface area contributed by atoms with Gasteiger partial charge in [-0.1, -0.05) is 23.7 Å². The Hall–Kier alpha value is -1.84. The van der Waals surface area contributed by atoms with E-state index in [1.807, 2.05) is 30.3 Å². The minimum atomic E-state index is 0.524. The average molecular weight is 272 g/mol. The van der Waals surface area contributed by atoms with Crippen molar-refractivity contribution in [2.24, 2.45) is 5.73 Å². The van der Waals surface area contributed by atoms with E-state index in [2.05, 4.69) is 21.8 Å². The van der Waals surface area contributed by atoms with Crippen LogP contribution < -0.4 is 5.73 Å². The highest BCUT2D eigenvalue weighted by Gasteiger charge is 2.08. The molecule has 0 fully saturated rings. The number of benzene rings is 1. The lowest BCUT2D eigenvalue weighted by atomic mass is 10.2. The maximum Gasteiger partial charge on any atom is 0.140 e. The van der Waals surface area contributed by atoms with Gasteiger partial charge in [0.25, 0.3) is 0 Å². The van der Waals surface area contributed by atoms with Gasteiger partial charge in [0.2, 0.25) is 0 Å². The molecule has 2 heterocycles. The van der Waals surface area contributed by atoms with Crippen LogP contribution in [0.4, 0.5) is 0 Å². The van der Waals surface area contributed by atoms with Crippen LogP contribution in [-0.2, 0) is 13.1 Å². The standard InChI is InChI=1S/C15H14ClN3/c16-13-5-3-11(4-6-13)9-19-10-12(8-17)14-2-1-7-18-15(14)19/h1-7,10H,8-9,17H2. The number of hydrogen-bond acceptors (Lipinski definition) is 2. The van der Waals surface area contributed by atoms with Crippen molar-refractivity contribution in [3.63, 3.8) is 0 Å². The summed E-state index contributed by atoms with van der Waals surface area (Å²) >= 11 is 5.90. The third-order valence-corrected chi connectivity index (χ3v) is 3.45. The summed E-state index contributed by atoms with van der Waals surface area (Å²) in [6, 6.07) is 11.9. The molecule has 2 N–H and O–H groups in total. The van der Waals surface area contributed by atoms with Gasteiger partial charge in [-0.25, -0.2) is 4.98 Å². The lowest BCUT2D eigenvalue weighted by Crippen LogP contribution is -1.99. The number of aromatic nitrogens is 2. The minimum absolute atomic E-state index is 0.524. The summed E-state index contributed by atoms with van der Waals surface area (Å²) in [5.74, 6) is 0. The Morgan fingerprint density at radius 3 is 2.68 bits per heavy atom. The zero-order valence-electron chi connectivity index (χ0n) is 10.4. The number of hydrogen-bond donors (Lipinski definition) is 1. The molecule has 2 aromatic heterocycles. The van der Waals surface area contributed by atoms with E-state index >= 15 is 0 Å². The van der Waals surface area contributed by atoms with Gasteiger partial charge in [0.05, 0.1) is 0 Å². The number of nitrogens with zero attached hydrogens (tertiary/aromatic N) is 2. The monoisotopic (exact) mass is 271 g/mol. The third-order valence-electron chi connectivity index (χ3n) is 3.20. The maximum absolute atomic E-state index is 5.90. The van der Waals surface area contributed by atoms with Crippen LogP contribution in [0.15, 0.2) is 48.8 Å². The van der Waals surface area contributed by atoms with Crippen LogP contribution in [0, 0.1) is 0 Å². The molecule has 3 nitrogen and oxygen atoms in total. The van der Waals surface area contributed by atoms with Crippen molar-refractivity contribution in [3.05, 3.63) is 64.9 Å². The molecule has 0 amide bonds. The lowest BCUT2D eigenvalue weighted by Gasteiger charge is -2.04. The van der Waals surface area contributed by atoms with Gasteiger partial charge in [0.15, 0.2) is 0 Å². The normalized spacial score (nSPS) is 11.1. The third kappa shape index (κ3) is 2.35. The molecular formula is C15H14ClN3. The van der Waals surface area contributed by atoms with Gasteiger partial charge in [-0.05, 0) is 35.4 Å². The molecular weight excluding hydrogens is 258 g/mol. The van der Waals surface area contributed by atoms with E-state index in [-0.39, 0.29) is 0 Å². The van der Waals surface area contributed by atoms with E-state index in [1.54, 1.807) is 6.20 Å². The van der Waals surface area contributed by atoms with Crippen molar-refractivity contribution in [2.75, 3.05) is 0 Å². The van der Waals surface area contributed by atoms with Crippen LogP contribution in [0.2, 0.25) is 5.02 Å². The molecule has 3 rings (SSSR count). The van der Waals surface area contributed by atoms with E-state index < -0.39 is 0 Å². The molecule has 19 heavy (non-hydrogen) atoms. The molecule has 0 aliphatic rings. The fourth-order valence-electron chi connectivity index (χ4n) is 2.26. The Kier molecular flexibility index (Phi) is 3.23. The summed E-state index contributed by atoms with van der Waals surface area (Å²) in [6.07, 6.45) is 3.88. The number of rotatable bonds is 3. The molecule has 3 aromatic rings. The van der Waals surface area contributed by atoms with Gasteiger partial charge in [0.1, 0.15) is 5.65 Å². The molecule has 0 aliphatic heterocycles. The van der Waals surface area contributed by atoms with E-state index in [0.717, 1.165) is 28.2 Å². The van der Waals surface area contributed by atoms with E-state index in [1.165, 1.54) is 5.56 Å². The summed E-state index contributed by atoms with van der Waals surface area (Å²) in [4.78, 5) is 4.44. The zero-order chi connectivity index (χ0) is 13.2. The minimum Gasteiger partial charge on any atom is -0.328 e. The number of halogens is 1. The average Bonchev–Trinajstić information content (AvgIpc) is 2.80. The molecule has 0 saturated heterocycles. The lowest BCUT2D eigenvalue weighted by molar-refractivity contribution is 0.819. The van der Waals surface area contributed by atoms with Crippen molar-refractivity contribution in [1.82, 2.24) is 9.55 Å². The van der Waals surface area contributed by atoms with E-state index in [4.69, 9.17) is 17.3 Å². The quantitative estimate of drug-likeness (QED) is 0.795. The van der Waals surface area contributed by atoms with Crippen molar-refractivity contribution in [2.45, 2.75) is 13.1 Å². The first kappa shape index (κ1) is 12.2. The van der Waals surface area contributed by atoms with Gasteiger partial charge >= 0.3 is 0 Å². The Morgan fingerprint density at radius 1 is 1.16 bits per heavy atom. The second-order valence-corrected chi connectivity index (χ2v) is 4.92. The number of fused-ring (bicyclic) bond motifs is 1. The highest BCUT2D eigenvalue weighted by molar-refractivity contribution is 6.30. The summed E-state index contributed by atoms with van der Waals surface area (Å²) in [6.45, 7) is 1.29. The summed E-state index contributed by atoms with van der Waals surface area (Å²) in [5.41, 5.74) is 9.07. The molecule has 0 aliphatic carbocycles. The first-order valence-corrected chi connectivity index (χ1v) is 6.53. The van der Waals surface area contributed by atoms with Gasteiger partial charge in [-0.3, -0.25) is 0 Å². The SMILES string of the molecule is NCc1cn(Cc2ccc(Cl)cc2)c2ncccc12. The van der Waals surface area contributed by atoms with Gasteiger partial charge in [-0.15, -0.1) is 0 Å². The first-order valence-electron chi connectivity index (χ1n) is 6.15. The zero-order valence-corrected chi connectivity index (χ0v) is 11.1. The van der Waals surface area contributed by atoms with Crippen LogP contribution in [0.25, 0.3) is 11.0 Å². The maximum atomic E-state index is 5.90. The first-order chi connectivity index (χ1) is 9.28. The summed E-state index contributed by atoms with van der Waals surface area (Å²) in [7, 11) is 0. The van der Waals surface area contributed by atoms with Crippen molar-refractivity contribution in [1.29, 1.82) is 0 Å². The largest absolute Gasteiger partial charge is 0.328 e. The Bertz CT molecular complexity index is 701. The second kappa shape index (κ2) is 5.03. The van der Waals surface area contributed by atoms with Crippen LogP contribution in [0.3, 0.4) is 0 Å². The fraction of sp³-hybridized carbons (Fsp3) is 0.133. The predicted molar refractivity (Wildman–Crippen MR) is 78.2 cm³/mol. The van der Waals surface area contributed by atoms with Crippen molar-refractivity contribution >= 4 is 22.6 Å². The van der Waals surface area contributed by atoms with Crippen LogP contribution in [0.1, 0.15) is 11.1 Å². The molecule has 4 heteroatoms. The molecule has 0 radical (unpaired) electrons. The predicted octanol–water partition coefficient (Wildman–Crippen LogP) is 3.20. The topological polar surface area (TPSA) is 43.8 Å². The van der Waals surface area contributed by atoms with Crippen molar-refractivity contribution < 1.29 is 0 Å². The molecule has 96 valence electrons. The Morgan fingerprint density at radius 2 is 1.95 bits per heavy atom. The van der Waals surface area contributed by atoms with E-state index in [0.29, 0.717) is 6.54 Å². The molecule has 1 aromatic carbocycles.